The van der Waals surface area contributed by atoms with Gasteiger partial charge in [0, 0.05) is 18.1 Å². The topological polar surface area (TPSA) is 18.5 Å². The van der Waals surface area contributed by atoms with E-state index in [0.717, 1.165) is 6.54 Å². The van der Waals surface area contributed by atoms with Crippen LogP contribution in [0.2, 0.25) is 0 Å². The zero-order valence-electron chi connectivity index (χ0n) is 17.5. The Hall–Kier alpha value is -0.120. The highest BCUT2D eigenvalue weighted by Crippen LogP contribution is 1.84. The van der Waals surface area contributed by atoms with Crippen molar-refractivity contribution in [2.24, 2.45) is 0 Å². The maximum Gasteiger partial charge on any atom is 0.00324 e. The highest BCUT2D eigenvalue weighted by Gasteiger charge is 1.90. The van der Waals surface area contributed by atoms with Crippen molar-refractivity contribution in [3.63, 3.8) is 0 Å². The highest BCUT2D eigenvalue weighted by molar-refractivity contribution is 4.47. The zero-order chi connectivity index (χ0) is 18.0. The molecule has 0 aliphatic heterocycles. The number of nitrogens with one attached hydrogen (secondary N) is 1. The van der Waals surface area contributed by atoms with E-state index in [1.807, 2.05) is 0 Å². The molecule has 0 amide bonds. The summed E-state index contributed by atoms with van der Waals surface area (Å²) in [5, 5.41) is 3.21. The first kappa shape index (κ1) is 29.0. The van der Waals surface area contributed by atoms with Crippen LogP contribution in [0, 0.1) is 0 Å². The van der Waals surface area contributed by atoms with Crippen molar-refractivity contribution in [2.45, 2.75) is 86.9 Å². The molecular weight excluding hydrogens is 258 g/mol. The van der Waals surface area contributed by atoms with E-state index < -0.39 is 0 Å². The molecule has 0 saturated heterocycles. The van der Waals surface area contributed by atoms with E-state index in [9.17, 15) is 0 Å². The molecule has 0 aromatic heterocycles. The van der Waals surface area contributed by atoms with Crippen molar-refractivity contribution in [1.29, 1.82) is 0 Å². The molecule has 0 atom stereocenters. The molecule has 21 heavy (non-hydrogen) atoms. The van der Waals surface area contributed by atoms with Gasteiger partial charge in [-0.15, -0.1) is 0 Å². The summed E-state index contributed by atoms with van der Waals surface area (Å²) in [4.78, 5) is 4.33. The summed E-state index contributed by atoms with van der Waals surface area (Å²) in [5.41, 5.74) is 0. The predicted octanol–water partition coefficient (Wildman–Crippen LogP) is 4.33. The minimum atomic E-state index is 0.648. The van der Waals surface area contributed by atoms with Gasteiger partial charge in [0.25, 0.3) is 0 Å². The SMILES string of the molecule is CC(C)N(C)C.CC(C)N(C)C.CCC.CCNC(C)C. The van der Waals surface area contributed by atoms with E-state index in [0.29, 0.717) is 18.1 Å². The molecule has 3 nitrogen and oxygen atoms in total. The number of rotatable bonds is 4. The van der Waals surface area contributed by atoms with Crippen molar-refractivity contribution < 1.29 is 0 Å². The lowest BCUT2D eigenvalue weighted by atomic mass is 10.4. The first-order valence-electron chi connectivity index (χ1n) is 8.53. The molecule has 0 aliphatic rings. The number of hydrogen-bond donors (Lipinski definition) is 1. The lowest BCUT2D eigenvalue weighted by Crippen LogP contribution is -2.21. The van der Waals surface area contributed by atoms with Crippen LogP contribution in [0.25, 0.3) is 0 Å². The molecule has 0 aromatic carbocycles. The maximum absolute atomic E-state index is 3.21. The van der Waals surface area contributed by atoms with Crippen LogP contribution in [0.5, 0.6) is 0 Å². The van der Waals surface area contributed by atoms with E-state index in [4.69, 9.17) is 0 Å². The molecule has 0 fully saturated rings. The van der Waals surface area contributed by atoms with Crippen LogP contribution in [0.4, 0.5) is 0 Å². The van der Waals surface area contributed by atoms with Gasteiger partial charge >= 0.3 is 0 Å². The van der Waals surface area contributed by atoms with Crippen LogP contribution < -0.4 is 5.32 Å². The predicted molar refractivity (Wildman–Crippen MR) is 102 cm³/mol. The molecule has 0 aromatic rings. The van der Waals surface area contributed by atoms with Crippen LogP contribution in [-0.4, -0.2) is 62.7 Å². The third-order valence-corrected chi connectivity index (χ3v) is 2.68. The van der Waals surface area contributed by atoms with E-state index >= 15 is 0 Å². The first-order chi connectivity index (χ1) is 9.47. The fraction of sp³-hybridized carbons (Fsp3) is 1.00. The molecule has 0 saturated carbocycles. The fourth-order valence-corrected chi connectivity index (χ4v) is 0.408. The van der Waals surface area contributed by atoms with Crippen molar-refractivity contribution in [3.8, 4) is 0 Å². The van der Waals surface area contributed by atoms with Crippen LogP contribution in [0.15, 0.2) is 0 Å². The van der Waals surface area contributed by atoms with Gasteiger partial charge in [-0.1, -0.05) is 41.0 Å². The zero-order valence-corrected chi connectivity index (χ0v) is 17.5. The van der Waals surface area contributed by atoms with Gasteiger partial charge < -0.3 is 15.1 Å². The molecule has 0 rings (SSSR count). The quantitative estimate of drug-likeness (QED) is 0.834. The summed E-state index contributed by atoms with van der Waals surface area (Å²) in [6.07, 6.45) is 1.25. The van der Waals surface area contributed by atoms with Crippen molar-refractivity contribution >= 4 is 0 Å². The molecule has 1 N–H and O–H groups in total. The molecule has 0 aliphatic carbocycles. The van der Waals surface area contributed by atoms with E-state index in [1.54, 1.807) is 0 Å². The second kappa shape index (κ2) is 22.2. The summed E-state index contributed by atoms with van der Waals surface area (Å²) in [5.74, 6) is 0. The molecule has 0 radical (unpaired) electrons. The van der Waals surface area contributed by atoms with Crippen LogP contribution in [-0.2, 0) is 0 Å². The summed E-state index contributed by atoms with van der Waals surface area (Å²) < 4.78 is 0. The van der Waals surface area contributed by atoms with Gasteiger partial charge in [-0.25, -0.2) is 0 Å². The molecule has 134 valence electrons. The summed E-state index contributed by atoms with van der Waals surface area (Å²) in [6, 6.07) is 2.02. The molecule has 0 heterocycles. The highest BCUT2D eigenvalue weighted by atomic mass is 15.1. The number of nitrogens with zero attached hydrogens (tertiary/aromatic N) is 2. The van der Waals surface area contributed by atoms with Gasteiger partial charge in [-0.05, 0) is 62.4 Å². The van der Waals surface area contributed by atoms with E-state index in [2.05, 4.69) is 106 Å². The summed E-state index contributed by atoms with van der Waals surface area (Å²) in [7, 11) is 8.30. The normalized spacial score (nSPS) is 10.0. The van der Waals surface area contributed by atoms with Gasteiger partial charge in [0.05, 0.1) is 0 Å². The molecule has 0 unspecified atom stereocenters. The Morgan fingerprint density at radius 2 is 0.857 bits per heavy atom. The van der Waals surface area contributed by atoms with Gasteiger partial charge in [0.2, 0.25) is 0 Å². The minimum absolute atomic E-state index is 0.648. The standard InChI is InChI=1S/3C5H13N.C3H8/c2*1-5(2)6(3)4;1-4-6-5(2)3;1-3-2/h2*5H,1-4H3;5-6H,4H2,1-3H3;3H2,1-2H3. The monoisotopic (exact) mass is 305 g/mol. The van der Waals surface area contributed by atoms with E-state index in [-0.39, 0.29) is 0 Å². The Labute approximate surface area is 137 Å². The van der Waals surface area contributed by atoms with Crippen molar-refractivity contribution in [2.75, 3.05) is 34.7 Å². The summed E-state index contributed by atoms with van der Waals surface area (Å²) >= 11 is 0. The number of hydrogen-bond acceptors (Lipinski definition) is 3. The molecular formula is C18H47N3. The van der Waals surface area contributed by atoms with Crippen LogP contribution in [0.1, 0.15) is 68.7 Å². The lowest BCUT2D eigenvalue weighted by Gasteiger charge is -2.12. The average Bonchev–Trinajstić information content (AvgIpc) is 2.30. The van der Waals surface area contributed by atoms with Crippen LogP contribution >= 0.6 is 0 Å². The van der Waals surface area contributed by atoms with Crippen molar-refractivity contribution in [3.05, 3.63) is 0 Å². The molecule has 0 spiro atoms. The van der Waals surface area contributed by atoms with Gasteiger partial charge in [-0.2, -0.15) is 0 Å². The Bertz CT molecular complexity index is 129. The van der Waals surface area contributed by atoms with Crippen molar-refractivity contribution in [1.82, 2.24) is 15.1 Å². The maximum atomic E-state index is 3.21. The first-order valence-corrected chi connectivity index (χ1v) is 8.53. The van der Waals surface area contributed by atoms with Gasteiger partial charge in [0.15, 0.2) is 0 Å². The molecule has 3 heteroatoms. The third-order valence-electron chi connectivity index (χ3n) is 2.68. The Kier molecular flexibility index (Phi) is 30.6. The largest absolute Gasteiger partial charge is 0.315 e. The van der Waals surface area contributed by atoms with Gasteiger partial charge in [0.1, 0.15) is 0 Å². The Balaban J connectivity index is -0.0000000944. The smallest absolute Gasteiger partial charge is 0.00324 e. The fourth-order valence-electron chi connectivity index (χ4n) is 0.408. The summed E-state index contributed by atoms with van der Waals surface area (Å²) in [6.45, 7) is 20.4. The lowest BCUT2D eigenvalue weighted by molar-refractivity contribution is 0.335. The Morgan fingerprint density at radius 1 is 0.667 bits per heavy atom. The van der Waals surface area contributed by atoms with Gasteiger partial charge in [-0.3, -0.25) is 0 Å². The third kappa shape index (κ3) is 53.7. The average molecular weight is 306 g/mol. The molecule has 0 bridgehead atoms. The van der Waals surface area contributed by atoms with E-state index in [1.165, 1.54) is 6.42 Å². The Morgan fingerprint density at radius 3 is 0.857 bits per heavy atom. The minimum Gasteiger partial charge on any atom is -0.315 e. The second-order valence-corrected chi connectivity index (χ2v) is 6.53. The van der Waals surface area contributed by atoms with Crippen LogP contribution in [0.3, 0.4) is 0 Å². The second-order valence-electron chi connectivity index (χ2n) is 6.53.